The molecule has 2 aliphatic carbocycles. The summed E-state index contributed by atoms with van der Waals surface area (Å²) in [6, 6.07) is 2.03. The number of aromatic nitrogens is 1. The van der Waals surface area contributed by atoms with Crippen LogP contribution in [0.4, 0.5) is 5.82 Å². The Balaban J connectivity index is 1.73. The number of amides is 1. The van der Waals surface area contributed by atoms with Crippen LogP contribution in [0.2, 0.25) is 5.02 Å². The highest BCUT2D eigenvalue weighted by Gasteiger charge is 2.40. The summed E-state index contributed by atoms with van der Waals surface area (Å²) in [6.45, 7) is 0. The van der Waals surface area contributed by atoms with E-state index in [1.807, 2.05) is 0 Å². The van der Waals surface area contributed by atoms with Crippen LogP contribution in [0.25, 0.3) is 0 Å². The highest BCUT2D eigenvalue weighted by Crippen LogP contribution is 2.44. The van der Waals surface area contributed by atoms with Gasteiger partial charge in [-0.3, -0.25) is 4.79 Å². The Morgan fingerprint density at radius 1 is 1.42 bits per heavy atom. The van der Waals surface area contributed by atoms with Crippen LogP contribution in [0.3, 0.4) is 0 Å². The maximum absolute atomic E-state index is 12.3. The molecule has 3 rings (SSSR count). The second-order valence-corrected chi connectivity index (χ2v) is 5.96. The first-order valence-corrected chi connectivity index (χ1v) is 7.19. The fourth-order valence-electron chi connectivity index (χ4n) is 3.42. The van der Waals surface area contributed by atoms with Gasteiger partial charge in [-0.2, -0.15) is 0 Å². The third-order valence-electron chi connectivity index (χ3n) is 4.41. The molecule has 0 radical (unpaired) electrons. The number of anilines is 1. The van der Waals surface area contributed by atoms with E-state index in [2.05, 4.69) is 15.6 Å². The molecule has 2 saturated carbocycles. The summed E-state index contributed by atoms with van der Waals surface area (Å²) in [5.41, 5.74) is 0.504. The zero-order valence-corrected chi connectivity index (χ0v) is 11.7. The number of hydrogen-bond acceptors (Lipinski definition) is 3. The summed E-state index contributed by atoms with van der Waals surface area (Å²) in [6.07, 6.45) is 6.50. The lowest BCUT2D eigenvalue weighted by atomic mass is 9.95. The molecule has 2 fully saturated rings. The maximum atomic E-state index is 12.3. The Morgan fingerprint density at radius 2 is 2.26 bits per heavy atom. The molecule has 0 aliphatic heterocycles. The largest absolute Gasteiger partial charge is 0.373 e. The Labute approximate surface area is 117 Å². The SMILES string of the molecule is CNc1cc(C(=O)NC2CC3CCC2C3)c(Cl)cn1. The van der Waals surface area contributed by atoms with E-state index in [0.29, 0.717) is 28.4 Å². The van der Waals surface area contributed by atoms with Crippen LogP contribution in [0, 0.1) is 11.8 Å². The summed E-state index contributed by atoms with van der Waals surface area (Å²) in [5, 5.41) is 6.46. The van der Waals surface area contributed by atoms with Crippen molar-refractivity contribution in [2.24, 2.45) is 11.8 Å². The number of rotatable bonds is 3. The van der Waals surface area contributed by atoms with Gasteiger partial charge < -0.3 is 10.6 Å². The van der Waals surface area contributed by atoms with Crippen molar-refractivity contribution in [3.63, 3.8) is 0 Å². The van der Waals surface area contributed by atoms with E-state index in [1.54, 1.807) is 13.1 Å². The van der Waals surface area contributed by atoms with E-state index in [9.17, 15) is 4.79 Å². The smallest absolute Gasteiger partial charge is 0.253 e. The topological polar surface area (TPSA) is 54.0 Å². The van der Waals surface area contributed by atoms with Gasteiger partial charge in [-0.15, -0.1) is 0 Å². The fourth-order valence-corrected chi connectivity index (χ4v) is 3.61. The number of pyridine rings is 1. The van der Waals surface area contributed by atoms with Gasteiger partial charge in [0.2, 0.25) is 0 Å². The first-order valence-electron chi connectivity index (χ1n) is 6.81. The Morgan fingerprint density at radius 3 is 2.89 bits per heavy atom. The summed E-state index contributed by atoms with van der Waals surface area (Å²) < 4.78 is 0. The minimum Gasteiger partial charge on any atom is -0.373 e. The molecule has 0 aromatic carbocycles. The molecule has 4 nitrogen and oxygen atoms in total. The molecule has 1 heterocycles. The summed E-state index contributed by atoms with van der Waals surface area (Å²) in [7, 11) is 1.77. The average Bonchev–Trinajstić information content (AvgIpc) is 3.01. The van der Waals surface area contributed by atoms with Crippen molar-refractivity contribution in [1.82, 2.24) is 10.3 Å². The van der Waals surface area contributed by atoms with E-state index >= 15 is 0 Å². The van der Waals surface area contributed by atoms with Crippen molar-refractivity contribution in [1.29, 1.82) is 0 Å². The zero-order valence-electron chi connectivity index (χ0n) is 10.9. The molecule has 3 unspecified atom stereocenters. The van der Waals surface area contributed by atoms with Gasteiger partial charge in [-0.05, 0) is 37.2 Å². The number of hydrogen-bond donors (Lipinski definition) is 2. The molecule has 3 atom stereocenters. The Kier molecular flexibility index (Phi) is 3.35. The molecule has 1 amide bonds. The molecule has 5 heteroatoms. The van der Waals surface area contributed by atoms with Crippen LogP contribution in [0.5, 0.6) is 0 Å². The molecule has 2 N–H and O–H groups in total. The minimum atomic E-state index is -0.0820. The lowest BCUT2D eigenvalue weighted by molar-refractivity contribution is 0.0923. The van der Waals surface area contributed by atoms with Gasteiger partial charge in [-0.1, -0.05) is 18.0 Å². The summed E-state index contributed by atoms with van der Waals surface area (Å²) >= 11 is 6.06. The first-order chi connectivity index (χ1) is 9.17. The van der Waals surface area contributed by atoms with Crippen LogP contribution in [-0.4, -0.2) is 24.0 Å². The predicted molar refractivity (Wildman–Crippen MR) is 75.5 cm³/mol. The van der Waals surface area contributed by atoms with E-state index < -0.39 is 0 Å². The van der Waals surface area contributed by atoms with Crippen LogP contribution in [-0.2, 0) is 0 Å². The van der Waals surface area contributed by atoms with Crippen molar-refractivity contribution in [2.45, 2.75) is 31.7 Å². The second kappa shape index (κ2) is 5.00. The summed E-state index contributed by atoms with van der Waals surface area (Å²) in [4.78, 5) is 16.4. The zero-order chi connectivity index (χ0) is 13.4. The molecular formula is C14H18ClN3O. The van der Waals surface area contributed by atoms with Crippen molar-refractivity contribution in [3.05, 3.63) is 22.8 Å². The molecule has 0 saturated heterocycles. The molecular weight excluding hydrogens is 262 g/mol. The van der Waals surface area contributed by atoms with E-state index in [1.165, 1.54) is 25.5 Å². The normalized spacial score (nSPS) is 28.4. The highest BCUT2D eigenvalue weighted by atomic mass is 35.5. The van der Waals surface area contributed by atoms with Gasteiger partial charge in [0.05, 0.1) is 10.6 Å². The van der Waals surface area contributed by atoms with Gasteiger partial charge in [0.15, 0.2) is 0 Å². The Bertz CT molecular complexity index is 505. The van der Waals surface area contributed by atoms with E-state index in [-0.39, 0.29) is 5.91 Å². The van der Waals surface area contributed by atoms with E-state index in [4.69, 9.17) is 11.6 Å². The third kappa shape index (κ3) is 2.41. The number of nitrogens with zero attached hydrogens (tertiary/aromatic N) is 1. The van der Waals surface area contributed by atoms with Crippen molar-refractivity contribution in [3.8, 4) is 0 Å². The highest BCUT2D eigenvalue weighted by molar-refractivity contribution is 6.33. The van der Waals surface area contributed by atoms with Crippen molar-refractivity contribution < 1.29 is 4.79 Å². The molecule has 1 aromatic rings. The second-order valence-electron chi connectivity index (χ2n) is 5.55. The van der Waals surface area contributed by atoms with Gasteiger partial charge >= 0.3 is 0 Å². The number of nitrogens with one attached hydrogen (secondary N) is 2. The maximum Gasteiger partial charge on any atom is 0.253 e. The number of halogens is 1. The molecule has 102 valence electrons. The van der Waals surface area contributed by atoms with E-state index in [0.717, 1.165) is 12.3 Å². The monoisotopic (exact) mass is 279 g/mol. The predicted octanol–water partition coefficient (Wildman–Crippen LogP) is 2.70. The number of fused-ring (bicyclic) bond motifs is 2. The van der Waals surface area contributed by atoms with Crippen LogP contribution >= 0.6 is 11.6 Å². The molecule has 1 aromatic heterocycles. The molecule has 2 aliphatic rings. The van der Waals surface area contributed by atoms with Gasteiger partial charge in [-0.25, -0.2) is 4.98 Å². The van der Waals surface area contributed by atoms with Crippen molar-refractivity contribution >= 4 is 23.3 Å². The van der Waals surface area contributed by atoms with Gasteiger partial charge in [0, 0.05) is 19.3 Å². The standard InChI is InChI=1S/C14H18ClN3O/c1-16-13-6-10(11(15)7-17-13)14(19)18-12-5-8-2-3-9(12)4-8/h6-9,12H,2-5H2,1H3,(H,16,17)(H,18,19). The van der Waals surface area contributed by atoms with Gasteiger partial charge in [0.1, 0.15) is 5.82 Å². The van der Waals surface area contributed by atoms with Crippen LogP contribution < -0.4 is 10.6 Å². The van der Waals surface area contributed by atoms with Gasteiger partial charge in [0.25, 0.3) is 5.91 Å². The quantitative estimate of drug-likeness (QED) is 0.894. The lowest BCUT2D eigenvalue weighted by Gasteiger charge is -2.23. The average molecular weight is 280 g/mol. The molecule has 0 spiro atoms. The lowest BCUT2D eigenvalue weighted by Crippen LogP contribution is -2.38. The minimum absolute atomic E-state index is 0.0820. The first kappa shape index (κ1) is 12.7. The number of carbonyl (C=O) groups is 1. The summed E-state index contributed by atoms with van der Waals surface area (Å²) in [5.74, 6) is 2.05. The molecule has 2 bridgehead atoms. The number of carbonyl (C=O) groups excluding carboxylic acids is 1. The van der Waals surface area contributed by atoms with Crippen molar-refractivity contribution in [2.75, 3.05) is 12.4 Å². The Hall–Kier alpha value is -1.29. The van der Waals surface area contributed by atoms with Crippen LogP contribution in [0.1, 0.15) is 36.0 Å². The van der Waals surface area contributed by atoms with Crippen LogP contribution in [0.15, 0.2) is 12.3 Å². The molecule has 19 heavy (non-hydrogen) atoms. The fraction of sp³-hybridized carbons (Fsp3) is 0.571. The third-order valence-corrected chi connectivity index (χ3v) is 4.71.